The van der Waals surface area contributed by atoms with Crippen molar-refractivity contribution >= 4 is 23.5 Å². The van der Waals surface area contributed by atoms with Gasteiger partial charge in [-0.25, -0.2) is 0 Å². The van der Waals surface area contributed by atoms with Crippen LogP contribution in [-0.4, -0.2) is 23.5 Å². The number of hydrogen-bond donors (Lipinski definition) is 0. The summed E-state index contributed by atoms with van der Waals surface area (Å²) in [6.07, 6.45) is 0. The monoisotopic (exact) mass is 46.0 g/mol. The third kappa shape index (κ3) is 82.6. The fourth-order valence-electron chi connectivity index (χ4n) is 0. The normalized spacial score (nSPS) is 8.25. The highest BCUT2D eigenvalue weighted by Crippen LogP contribution is 1.68. The van der Waals surface area contributed by atoms with Crippen molar-refractivity contribution in [3.05, 3.63) is 0 Å². The predicted molar refractivity (Wildman–Crippen MR) is 21.0 cm³/mol. The van der Waals surface area contributed by atoms with E-state index in [0.717, 1.165) is 0 Å². The minimum absolute atomic E-state index is 0.667. The van der Waals surface area contributed by atoms with E-state index in [1.165, 1.54) is 0 Å². The minimum Gasteiger partial charge on any atom is -0.142 e. The number of rotatable bonds is 0. The molecule has 4 heavy (non-hydrogen) atoms. The summed E-state index contributed by atoms with van der Waals surface area (Å²) in [4.78, 5) is 0. The van der Waals surface area contributed by atoms with Gasteiger partial charge in [-0.05, 0) is 0 Å². The lowest BCUT2D eigenvalue weighted by Crippen LogP contribution is -1.84. The van der Waals surface area contributed by atoms with Crippen molar-refractivity contribution in [2.45, 2.75) is 5.62 Å². The molecular formula is CHB3. The summed E-state index contributed by atoms with van der Waals surface area (Å²) in [5, 5.41) is 0. The highest BCUT2D eigenvalue weighted by molar-refractivity contribution is 6.54. The first-order valence-corrected chi connectivity index (χ1v) is 1.00. The average molecular weight is 45.5 g/mol. The zero-order chi connectivity index (χ0) is 3.58. The maximum atomic E-state index is 4.67. The molecule has 0 heterocycles. The molecule has 0 aliphatic carbocycles. The molecule has 0 bridgehead atoms. The van der Waals surface area contributed by atoms with E-state index >= 15 is 0 Å². The van der Waals surface area contributed by atoms with E-state index in [-0.39, 0.29) is 0 Å². The van der Waals surface area contributed by atoms with E-state index in [1.54, 1.807) is 0 Å². The second kappa shape index (κ2) is 1.51. The Morgan fingerprint density at radius 3 is 1.00 bits per heavy atom. The van der Waals surface area contributed by atoms with Gasteiger partial charge in [-0.1, -0.05) is 0 Å². The quantitative estimate of drug-likeness (QED) is 0.313. The maximum absolute atomic E-state index is 4.67. The van der Waals surface area contributed by atoms with Gasteiger partial charge in [0.15, 0.2) is 0 Å². The van der Waals surface area contributed by atoms with Gasteiger partial charge in [0.05, 0.1) is 0 Å². The van der Waals surface area contributed by atoms with Crippen LogP contribution in [0.1, 0.15) is 0 Å². The average Bonchev–Trinajstić information content (AvgIpc) is 0.811. The van der Waals surface area contributed by atoms with Crippen molar-refractivity contribution in [3.8, 4) is 0 Å². The van der Waals surface area contributed by atoms with Crippen LogP contribution in [0.4, 0.5) is 0 Å². The molecule has 14 valence electrons. The molecular weight excluding hydrogens is 44.4 g/mol. The fraction of sp³-hybridized carbons (Fsp3) is 1.00. The van der Waals surface area contributed by atoms with Crippen LogP contribution in [0.2, 0.25) is 5.62 Å². The Morgan fingerprint density at radius 1 is 1.00 bits per heavy atom. The summed E-state index contributed by atoms with van der Waals surface area (Å²) in [6.45, 7) is 0. The van der Waals surface area contributed by atoms with Gasteiger partial charge in [0.1, 0.15) is 0 Å². The maximum Gasteiger partial charge on any atom is 0.0470 e. The van der Waals surface area contributed by atoms with Crippen molar-refractivity contribution in [3.63, 3.8) is 0 Å². The molecule has 0 aliphatic heterocycles. The summed E-state index contributed by atoms with van der Waals surface area (Å²) < 4.78 is 0. The van der Waals surface area contributed by atoms with Crippen molar-refractivity contribution in [1.29, 1.82) is 0 Å². The Hall–Kier alpha value is 0.195. The molecule has 3 heteroatoms. The third-order valence-corrected chi connectivity index (χ3v) is 0. The molecule has 0 fully saturated rings. The Morgan fingerprint density at radius 2 is 1.00 bits per heavy atom. The molecule has 0 nitrogen and oxygen atoms in total. The topological polar surface area (TPSA) is 0 Å². The van der Waals surface area contributed by atoms with Gasteiger partial charge in [0, 0.05) is 23.5 Å². The molecule has 0 spiro atoms. The first-order chi connectivity index (χ1) is 1.73. The molecule has 6 radical (unpaired) electrons. The van der Waals surface area contributed by atoms with Crippen LogP contribution in [-0.2, 0) is 0 Å². The van der Waals surface area contributed by atoms with Crippen molar-refractivity contribution < 1.29 is 0 Å². The Balaban J connectivity index is 2.32. The van der Waals surface area contributed by atoms with Crippen molar-refractivity contribution in [1.82, 2.24) is 0 Å². The van der Waals surface area contributed by atoms with Gasteiger partial charge < -0.3 is 0 Å². The largest absolute Gasteiger partial charge is 0.142 e. The first kappa shape index (κ1) is 4.19. The molecule has 0 aromatic rings. The predicted octanol–water partition coefficient (Wildman–Crippen LogP) is -0.805. The van der Waals surface area contributed by atoms with Crippen LogP contribution < -0.4 is 0 Å². The second-order valence-electron chi connectivity index (χ2n) is 0.577. The van der Waals surface area contributed by atoms with Crippen LogP contribution in [0.15, 0.2) is 0 Å². The van der Waals surface area contributed by atoms with Gasteiger partial charge in [0.25, 0.3) is 0 Å². The molecule has 0 aromatic carbocycles. The molecule has 0 atom stereocenters. The van der Waals surface area contributed by atoms with Gasteiger partial charge in [-0.15, -0.1) is 5.62 Å². The number of hydrogen-bond acceptors (Lipinski definition) is 0. The SMILES string of the molecule is [B]C([B])[B]. The molecule has 0 aromatic heterocycles. The summed E-state index contributed by atoms with van der Waals surface area (Å²) >= 11 is 0. The standard InChI is InChI=1S/CHB3/c2-1(3)4/h1H. The van der Waals surface area contributed by atoms with Crippen LogP contribution in [0.25, 0.3) is 0 Å². The third-order valence-electron chi connectivity index (χ3n) is 0. The molecule has 0 saturated carbocycles. The molecule has 0 saturated heterocycles. The molecule has 0 rings (SSSR count). The molecule has 0 unspecified atom stereocenters. The van der Waals surface area contributed by atoms with E-state index < -0.39 is 5.62 Å². The van der Waals surface area contributed by atoms with Crippen molar-refractivity contribution in [2.24, 2.45) is 0 Å². The fourth-order valence-corrected chi connectivity index (χ4v) is 0. The lowest BCUT2D eigenvalue weighted by molar-refractivity contribution is 1.91. The first-order valence-electron chi connectivity index (χ1n) is 1.00. The summed E-state index contributed by atoms with van der Waals surface area (Å²) in [6, 6.07) is 0. The summed E-state index contributed by atoms with van der Waals surface area (Å²) in [5.41, 5.74) is -0.667. The van der Waals surface area contributed by atoms with E-state index in [0.29, 0.717) is 0 Å². The smallest absolute Gasteiger partial charge is 0.0470 e. The highest BCUT2D eigenvalue weighted by atomic mass is 13.2. The Kier molecular flexibility index (Phi) is 1.58. The lowest BCUT2D eigenvalue weighted by atomic mass is 9.58. The van der Waals surface area contributed by atoms with Gasteiger partial charge >= 0.3 is 0 Å². The van der Waals surface area contributed by atoms with Crippen LogP contribution >= 0.6 is 0 Å². The van der Waals surface area contributed by atoms with Gasteiger partial charge in [0.2, 0.25) is 0 Å². The molecule has 0 amide bonds. The lowest BCUT2D eigenvalue weighted by Gasteiger charge is -1.78. The summed E-state index contributed by atoms with van der Waals surface area (Å²) in [7, 11) is 14.0. The Labute approximate surface area is 30.2 Å². The van der Waals surface area contributed by atoms with Crippen LogP contribution in [0.5, 0.6) is 0 Å². The zero-order valence-electron chi connectivity index (χ0n) is 2.31. The van der Waals surface area contributed by atoms with E-state index in [4.69, 9.17) is 0 Å². The molecule has 0 aliphatic rings. The highest BCUT2D eigenvalue weighted by Gasteiger charge is 1.69. The van der Waals surface area contributed by atoms with Gasteiger partial charge in [-0.2, -0.15) is 0 Å². The summed E-state index contributed by atoms with van der Waals surface area (Å²) in [5.74, 6) is 0. The minimum atomic E-state index is -0.667. The molecule has 0 N–H and O–H groups in total. The van der Waals surface area contributed by atoms with Gasteiger partial charge in [-0.3, -0.25) is 0 Å². The van der Waals surface area contributed by atoms with Crippen LogP contribution in [0, 0.1) is 0 Å². The van der Waals surface area contributed by atoms with Crippen LogP contribution in [0.3, 0.4) is 0 Å². The van der Waals surface area contributed by atoms with E-state index in [1.807, 2.05) is 0 Å². The van der Waals surface area contributed by atoms with E-state index in [2.05, 4.69) is 23.5 Å². The van der Waals surface area contributed by atoms with Crippen molar-refractivity contribution in [2.75, 3.05) is 0 Å². The van der Waals surface area contributed by atoms with E-state index in [9.17, 15) is 0 Å². The zero-order valence-corrected chi connectivity index (χ0v) is 2.31. The Bertz CT molecular complexity index is 8.00. The second-order valence-corrected chi connectivity index (χ2v) is 0.577.